The van der Waals surface area contributed by atoms with Gasteiger partial charge in [-0.2, -0.15) is 26.3 Å². The molecule has 0 unspecified atom stereocenters. The first-order valence-corrected chi connectivity index (χ1v) is 13.0. The first kappa shape index (κ1) is 28.3. The van der Waals surface area contributed by atoms with Crippen molar-refractivity contribution in [2.45, 2.75) is 31.9 Å². The van der Waals surface area contributed by atoms with Crippen molar-refractivity contribution in [1.82, 2.24) is 0 Å². The van der Waals surface area contributed by atoms with Gasteiger partial charge in [-0.25, -0.2) is 8.42 Å². The van der Waals surface area contributed by atoms with Crippen LogP contribution in [0.2, 0.25) is 0 Å². The fourth-order valence-electron chi connectivity index (χ4n) is 3.11. The minimum atomic E-state index is -4.68. The van der Waals surface area contributed by atoms with Crippen molar-refractivity contribution in [2.24, 2.45) is 0 Å². The SMILES string of the molecule is FC(F)(F)c1ccc([S+](c2ccccc2)c2ccccc2)cc1.O=S(=O)([O-])c1ccc(C(F)(F)F)cc1. The summed E-state index contributed by atoms with van der Waals surface area (Å²) in [5.41, 5.74) is -1.61. The molecule has 0 heterocycles. The molecule has 4 aromatic carbocycles. The molecule has 0 spiro atoms. The normalized spacial score (nSPS) is 12.1. The second-order valence-electron chi connectivity index (χ2n) is 7.43. The van der Waals surface area contributed by atoms with Gasteiger partial charge in [-0.15, -0.1) is 0 Å². The Bertz CT molecular complexity index is 1350. The van der Waals surface area contributed by atoms with Crippen LogP contribution >= 0.6 is 0 Å². The van der Waals surface area contributed by atoms with E-state index in [9.17, 15) is 39.3 Å². The summed E-state index contributed by atoms with van der Waals surface area (Å²) < 4.78 is 105. The zero-order valence-corrected chi connectivity index (χ0v) is 20.3. The second-order valence-corrected chi connectivity index (χ2v) is 10.8. The molecular weight excluding hydrogens is 538 g/mol. The lowest BCUT2D eigenvalue weighted by Crippen LogP contribution is -2.07. The van der Waals surface area contributed by atoms with Crippen LogP contribution in [0.5, 0.6) is 0 Å². The predicted octanol–water partition coefficient (Wildman–Crippen LogP) is 7.41. The first-order valence-electron chi connectivity index (χ1n) is 10.4. The van der Waals surface area contributed by atoms with Crippen LogP contribution in [0.25, 0.3) is 0 Å². The van der Waals surface area contributed by atoms with Crippen LogP contribution in [0.1, 0.15) is 11.1 Å². The molecule has 4 rings (SSSR count). The highest BCUT2D eigenvalue weighted by molar-refractivity contribution is 7.97. The minimum absolute atomic E-state index is 0.417. The Balaban J connectivity index is 0.000000233. The highest BCUT2D eigenvalue weighted by atomic mass is 32.2. The quantitative estimate of drug-likeness (QED) is 0.149. The third-order valence-corrected chi connectivity index (χ3v) is 7.93. The molecule has 4 aromatic rings. The van der Waals surface area contributed by atoms with Crippen LogP contribution in [-0.4, -0.2) is 13.0 Å². The fraction of sp³-hybridized carbons (Fsp3) is 0.0769. The number of rotatable bonds is 4. The zero-order chi connectivity index (χ0) is 27.3. The molecule has 0 aliphatic heterocycles. The monoisotopic (exact) mass is 556 g/mol. The molecule has 0 saturated heterocycles. The third kappa shape index (κ3) is 7.85. The molecule has 0 fully saturated rings. The first-order chi connectivity index (χ1) is 17.3. The summed E-state index contributed by atoms with van der Waals surface area (Å²) in [6.45, 7) is 0. The highest BCUT2D eigenvalue weighted by Gasteiger charge is 2.33. The summed E-state index contributed by atoms with van der Waals surface area (Å²) in [5, 5.41) is 0. The molecule has 37 heavy (non-hydrogen) atoms. The summed E-state index contributed by atoms with van der Waals surface area (Å²) in [4.78, 5) is 2.36. The maximum atomic E-state index is 12.8. The van der Waals surface area contributed by atoms with E-state index in [1.54, 1.807) is 12.1 Å². The van der Waals surface area contributed by atoms with E-state index < -0.39 is 49.4 Å². The van der Waals surface area contributed by atoms with Crippen molar-refractivity contribution < 1.29 is 39.3 Å². The van der Waals surface area contributed by atoms with Gasteiger partial charge in [0, 0.05) is 0 Å². The van der Waals surface area contributed by atoms with Crippen molar-refractivity contribution in [2.75, 3.05) is 0 Å². The van der Waals surface area contributed by atoms with E-state index in [1.165, 1.54) is 0 Å². The standard InChI is InChI=1S/C19H14F3S.C7H5F3O3S/c20-19(21,22)15-11-13-18(14-12-15)23(16-7-3-1-4-8-16)17-9-5-2-6-10-17;8-7(9,10)5-1-3-6(4-2-5)14(11,12)13/h1-14H;1-4H,(H,11,12,13)/q+1;/p-1. The Morgan fingerprint density at radius 2 is 0.838 bits per heavy atom. The van der Waals surface area contributed by atoms with Gasteiger partial charge in [0.1, 0.15) is 10.1 Å². The molecule has 0 aromatic heterocycles. The van der Waals surface area contributed by atoms with E-state index in [-0.39, 0.29) is 0 Å². The molecule has 0 radical (unpaired) electrons. The van der Waals surface area contributed by atoms with Gasteiger partial charge in [0.05, 0.1) is 26.9 Å². The topological polar surface area (TPSA) is 57.2 Å². The van der Waals surface area contributed by atoms with Gasteiger partial charge in [-0.3, -0.25) is 0 Å². The molecule has 0 atom stereocenters. The maximum Gasteiger partial charge on any atom is 0.416 e. The lowest BCUT2D eigenvalue weighted by molar-refractivity contribution is -0.138. The molecular formula is C26H18F6O3S2. The van der Waals surface area contributed by atoms with Gasteiger partial charge >= 0.3 is 12.4 Å². The number of hydrogen-bond acceptors (Lipinski definition) is 3. The largest absolute Gasteiger partial charge is 0.744 e. The molecule has 11 heteroatoms. The van der Waals surface area contributed by atoms with E-state index in [2.05, 4.69) is 0 Å². The van der Waals surface area contributed by atoms with Gasteiger partial charge in [-0.1, -0.05) is 36.4 Å². The maximum absolute atomic E-state index is 12.8. The summed E-state index contributed by atoms with van der Waals surface area (Å²) >= 11 is 0. The van der Waals surface area contributed by atoms with E-state index in [0.717, 1.165) is 26.8 Å². The van der Waals surface area contributed by atoms with Crippen LogP contribution in [0.15, 0.2) is 129 Å². The van der Waals surface area contributed by atoms with Crippen LogP contribution in [-0.2, 0) is 33.4 Å². The van der Waals surface area contributed by atoms with Gasteiger partial charge in [-0.05, 0) is 72.8 Å². The average Bonchev–Trinajstić information content (AvgIpc) is 2.85. The van der Waals surface area contributed by atoms with Crippen molar-refractivity contribution in [3.8, 4) is 0 Å². The lowest BCUT2D eigenvalue weighted by atomic mass is 10.2. The predicted molar refractivity (Wildman–Crippen MR) is 126 cm³/mol. The van der Waals surface area contributed by atoms with E-state index in [4.69, 9.17) is 0 Å². The van der Waals surface area contributed by atoms with E-state index >= 15 is 0 Å². The highest BCUT2D eigenvalue weighted by Crippen LogP contribution is 2.34. The van der Waals surface area contributed by atoms with Crippen LogP contribution in [0.4, 0.5) is 26.3 Å². The smallest absolute Gasteiger partial charge is 0.416 e. The van der Waals surface area contributed by atoms with Crippen molar-refractivity contribution in [3.05, 3.63) is 120 Å². The Morgan fingerprint density at radius 3 is 1.16 bits per heavy atom. The molecule has 0 bridgehead atoms. The average molecular weight is 557 g/mol. The van der Waals surface area contributed by atoms with Crippen LogP contribution in [0.3, 0.4) is 0 Å². The molecule has 0 aliphatic rings. The molecule has 194 valence electrons. The van der Waals surface area contributed by atoms with Crippen molar-refractivity contribution >= 4 is 21.0 Å². The molecule has 0 amide bonds. The van der Waals surface area contributed by atoms with Gasteiger partial charge in [0.2, 0.25) is 0 Å². The Morgan fingerprint density at radius 1 is 0.514 bits per heavy atom. The van der Waals surface area contributed by atoms with Crippen LogP contribution in [0, 0.1) is 0 Å². The van der Waals surface area contributed by atoms with Gasteiger partial charge < -0.3 is 4.55 Å². The summed E-state index contributed by atoms with van der Waals surface area (Å²) in [7, 11) is -5.10. The molecule has 0 saturated carbocycles. The second kappa shape index (κ2) is 11.4. The lowest BCUT2D eigenvalue weighted by Gasteiger charge is -2.10. The number of halogens is 6. The van der Waals surface area contributed by atoms with E-state index in [0.29, 0.717) is 24.3 Å². The van der Waals surface area contributed by atoms with Gasteiger partial charge in [0.25, 0.3) is 0 Å². The third-order valence-electron chi connectivity index (χ3n) is 4.85. The Labute approximate surface area is 212 Å². The van der Waals surface area contributed by atoms with Crippen molar-refractivity contribution in [3.63, 3.8) is 0 Å². The number of hydrogen-bond donors (Lipinski definition) is 0. The van der Waals surface area contributed by atoms with E-state index in [1.807, 2.05) is 60.7 Å². The number of benzene rings is 4. The summed E-state index contributed by atoms with van der Waals surface area (Å²) in [5.74, 6) is 0. The fourth-order valence-corrected chi connectivity index (χ4v) is 5.66. The molecule has 3 nitrogen and oxygen atoms in total. The molecule has 0 aliphatic carbocycles. The zero-order valence-electron chi connectivity index (χ0n) is 18.7. The van der Waals surface area contributed by atoms with Crippen LogP contribution < -0.4 is 0 Å². The number of alkyl halides is 6. The van der Waals surface area contributed by atoms with Gasteiger partial charge in [0.15, 0.2) is 14.7 Å². The summed E-state index contributed by atoms with van der Waals surface area (Å²) in [6, 6.07) is 27.5. The Kier molecular flexibility index (Phi) is 8.72. The minimum Gasteiger partial charge on any atom is -0.744 e. The van der Waals surface area contributed by atoms with Crippen molar-refractivity contribution in [1.29, 1.82) is 0 Å². The summed E-state index contributed by atoms with van der Waals surface area (Å²) in [6.07, 6.45) is -8.85. The molecule has 0 N–H and O–H groups in total. The Hall–Kier alpha value is -3.28.